The molecule has 0 unspecified atom stereocenters. The Hall–Kier alpha value is -3.24. The number of fused-ring (bicyclic) bond motifs is 1. The second kappa shape index (κ2) is 11.7. The van der Waals surface area contributed by atoms with Crippen molar-refractivity contribution in [3.63, 3.8) is 0 Å². The summed E-state index contributed by atoms with van der Waals surface area (Å²) in [6, 6.07) is 16.0. The van der Waals surface area contributed by atoms with Gasteiger partial charge in [0.15, 0.2) is 0 Å². The molecule has 2 aromatic heterocycles. The minimum Gasteiger partial charge on any atom is -0.379 e. The summed E-state index contributed by atoms with van der Waals surface area (Å²) in [5.41, 5.74) is 4.91. The zero-order valence-corrected chi connectivity index (χ0v) is 22.1. The molecular formula is C28H32ClN7O2. The van der Waals surface area contributed by atoms with Crippen molar-refractivity contribution in [1.29, 1.82) is 0 Å². The maximum absolute atomic E-state index is 6.08. The first kappa shape index (κ1) is 25.1. The van der Waals surface area contributed by atoms with Crippen LogP contribution in [-0.4, -0.2) is 83.6 Å². The number of hydrogen-bond acceptors (Lipinski definition) is 8. The van der Waals surface area contributed by atoms with E-state index >= 15 is 0 Å². The number of hydrogen-bond donors (Lipinski definition) is 1. The first-order valence-electron chi connectivity index (χ1n) is 13.2. The Bertz CT molecular complexity index is 1370. The first-order chi connectivity index (χ1) is 18.7. The largest absolute Gasteiger partial charge is 0.379 e. The quantitative estimate of drug-likeness (QED) is 0.356. The van der Waals surface area contributed by atoms with Gasteiger partial charge in [-0.2, -0.15) is 4.98 Å². The van der Waals surface area contributed by atoms with Crippen LogP contribution in [0.15, 0.2) is 54.9 Å². The van der Waals surface area contributed by atoms with Crippen LogP contribution in [0, 0.1) is 0 Å². The molecule has 2 saturated heterocycles. The number of morpholine rings is 2. The third kappa shape index (κ3) is 5.91. The zero-order valence-electron chi connectivity index (χ0n) is 21.4. The van der Waals surface area contributed by atoms with E-state index in [1.807, 2.05) is 36.7 Å². The van der Waals surface area contributed by atoms with Crippen molar-refractivity contribution in [2.75, 3.05) is 69.4 Å². The Balaban J connectivity index is 1.28. The van der Waals surface area contributed by atoms with E-state index in [0.29, 0.717) is 24.2 Å². The van der Waals surface area contributed by atoms with Gasteiger partial charge >= 0.3 is 0 Å². The van der Waals surface area contributed by atoms with Crippen LogP contribution in [0.1, 0.15) is 6.42 Å². The van der Waals surface area contributed by atoms with Gasteiger partial charge in [-0.1, -0.05) is 17.7 Å². The molecule has 2 aliphatic rings. The van der Waals surface area contributed by atoms with Crippen LogP contribution in [0.5, 0.6) is 0 Å². The number of aryl methyl sites for hydroxylation is 1. The standard InChI is InChI=1S/C28H32ClN7O2/c29-22-3-5-23(6-4-22)31-27-19-25(32-28(33-27)35-12-16-38-17-13-35)21-2-7-24-26(18-21)36(20-30-24)9-1-8-34-10-14-37-15-11-34/h2-7,18-20H,1,8-17H2,(H,31,32,33). The molecule has 0 radical (unpaired) electrons. The lowest BCUT2D eigenvalue weighted by molar-refractivity contribution is 0.0369. The fraction of sp³-hybridized carbons (Fsp3) is 0.393. The molecule has 38 heavy (non-hydrogen) atoms. The monoisotopic (exact) mass is 533 g/mol. The topological polar surface area (TPSA) is 80.6 Å². The summed E-state index contributed by atoms with van der Waals surface area (Å²) in [4.78, 5) is 19.1. The van der Waals surface area contributed by atoms with E-state index in [0.717, 1.165) is 92.7 Å². The Morgan fingerprint density at radius 2 is 1.61 bits per heavy atom. The molecule has 0 bridgehead atoms. The van der Waals surface area contributed by atoms with E-state index in [1.165, 1.54) is 0 Å². The van der Waals surface area contributed by atoms with Crippen LogP contribution >= 0.6 is 11.6 Å². The molecule has 2 fully saturated rings. The number of ether oxygens (including phenoxy) is 2. The molecule has 2 aliphatic heterocycles. The normalized spacial score (nSPS) is 16.7. The fourth-order valence-electron chi connectivity index (χ4n) is 4.92. The van der Waals surface area contributed by atoms with Crippen LogP contribution in [0.4, 0.5) is 17.5 Å². The molecule has 0 aliphatic carbocycles. The van der Waals surface area contributed by atoms with Crippen LogP contribution in [0.3, 0.4) is 0 Å². The summed E-state index contributed by atoms with van der Waals surface area (Å²) in [5.74, 6) is 1.43. The summed E-state index contributed by atoms with van der Waals surface area (Å²) in [7, 11) is 0. The number of benzene rings is 2. The van der Waals surface area contributed by atoms with Gasteiger partial charge in [-0.15, -0.1) is 0 Å². The molecule has 0 amide bonds. The number of rotatable bonds is 8. The molecule has 6 rings (SSSR count). The average molecular weight is 534 g/mol. The highest BCUT2D eigenvalue weighted by molar-refractivity contribution is 6.30. The molecule has 1 N–H and O–H groups in total. The van der Waals surface area contributed by atoms with Gasteiger partial charge in [0.1, 0.15) is 5.82 Å². The van der Waals surface area contributed by atoms with Crippen molar-refractivity contribution in [3.05, 3.63) is 59.9 Å². The summed E-state index contributed by atoms with van der Waals surface area (Å²) in [6.07, 6.45) is 3.01. The summed E-state index contributed by atoms with van der Waals surface area (Å²) in [5, 5.41) is 4.12. The molecule has 9 nitrogen and oxygen atoms in total. The number of imidazole rings is 1. The van der Waals surface area contributed by atoms with Gasteiger partial charge in [-0.25, -0.2) is 9.97 Å². The highest BCUT2D eigenvalue weighted by atomic mass is 35.5. The Kier molecular flexibility index (Phi) is 7.69. The first-order valence-corrected chi connectivity index (χ1v) is 13.6. The number of halogens is 1. The van der Waals surface area contributed by atoms with Crippen LogP contribution in [0.2, 0.25) is 5.02 Å². The van der Waals surface area contributed by atoms with Crippen molar-refractivity contribution >= 4 is 40.1 Å². The molecule has 4 heterocycles. The van der Waals surface area contributed by atoms with Gasteiger partial charge in [0.05, 0.1) is 49.5 Å². The van der Waals surface area contributed by atoms with Crippen molar-refractivity contribution in [3.8, 4) is 11.3 Å². The highest BCUT2D eigenvalue weighted by Gasteiger charge is 2.17. The lowest BCUT2D eigenvalue weighted by atomic mass is 10.1. The molecule has 10 heteroatoms. The van der Waals surface area contributed by atoms with Gasteiger partial charge in [0.2, 0.25) is 5.95 Å². The van der Waals surface area contributed by atoms with E-state index < -0.39 is 0 Å². The summed E-state index contributed by atoms with van der Waals surface area (Å²) >= 11 is 6.08. The van der Waals surface area contributed by atoms with Gasteiger partial charge in [-0.3, -0.25) is 4.90 Å². The molecule has 2 aromatic carbocycles. The number of anilines is 3. The SMILES string of the molecule is Clc1ccc(Nc2cc(-c3ccc4ncn(CCCN5CCOCC5)c4c3)nc(N3CCOCC3)n2)cc1. The van der Waals surface area contributed by atoms with Gasteiger partial charge in [0.25, 0.3) is 0 Å². The second-order valence-electron chi connectivity index (χ2n) is 9.62. The van der Waals surface area contributed by atoms with Crippen molar-refractivity contribution < 1.29 is 9.47 Å². The Labute approximate surface area is 227 Å². The van der Waals surface area contributed by atoms with E-state index in [9.17, 15) is 0 Å². The molecule has 0 spiro atoms. The smallest absolute Gasteiger partial charge is 0.228 e. The lowest BCUT2D eigenvalue weighted by Gasteiger charge is -2.27. The van der Waals surface area contributed by atoms with E-state index in [4.69, 9.17) is 31.0 Å². The van der Waals surface area contributed by atoms with Crippen LogP contribution in [0.25, 0.3) is 22.3 Å². The summed E-state index contributed by atoms with van der Waals surface area (Å²) in [6.45, 7) is 8.54. The summed E-state index contributed by atoms with van der Waals surface area (Å²) < 4.78 is 13.3. The van der Waals surface area contributed by atoms with Crippen molar-refractivity contribution in [2.24, 2.45) is 0 Å². The van der Waals surface area contributed by atoms with E-state index in [2.05, 4.69) is 42.9 Å². The molecule has 0 saturated carbocycles. The zero-order chi connectivity index (χ0) is 25.7. The average Bonchev–Trinajstić information content (AvgIpc) is 3.37. The third-order valence-corrected chi connectivity index (χ3v) is 7.27. The highest BCUT2D eigenvalue weighted by Crippen LogP contribution is 2.28. The molecular weight excluding hydrogens is 502 g/mol. The fourth-order valence-corrected chi connectivity index (χ4v) is 5.04. The number of aromatic nitrogens is 4. The number of nitrogens with zero attached hydrogens (tertiary/aromatic N) is 6. The van der Waals surface area contributed by atoms with E-state index in [1.54, 1.807) is 0 Å². The van der Waals surface area contributed by atoms with Crippen molar-refractivity contribution in [2.45, 2.75) is 13.0 Å². The van der Waals surface area contributed by atoms with E-state index in [-0.39, 0.29) is 0 Å². The van der Waals surface area contributed by atoms with Crippen molar-refractivity contribution in [1.82, 2.24) is 24.4 Å². The Morgan fingerprint density at radius 1 is 0.842 bits per heavy atom. The second-order valence-corrected chi connectivity index (χ2v) is 10.1. The maximum atomic E-state index is 6.08. The third-order valence-electron chi connectivity index (χ3n) is 7.02. The minimum absolute atomic E-state index is 0.670. The number of nitrogens with one attached hydrogen (secondary N) is 1. The van der Waals surface area contributed by atoms with Crippen LogP contribution in [-0.2, 0) is 16.0 Å². The minimum atomic E-state index is 0.670. The lowest BCUT2D eigenvalue weighted by Crippen LogP contribution is -2.37. The van der Waals surface area contributed by atoms with Crippen LogP contribution < -0.4 is 10.2 Å². The van der Waals surface area contributed by atoms with Gasteiger partial charge < -0.3 is 24.3 Å². The van der Waals surface area contributed by atoms with Gasteiger partial charge in [-0.05, 0) is 42.8 Å². The predicted molar refractivity (Wildman–Crippen MR) is 150 cm³/mol. The maximum Gasteiger partial charge on any atom is 0.228 e. The van der Waals surface area contributed by atoms with Gasteiger partial charge in [0, 0.05) is 61.6 Å². The molecule has 0 atom stereocenters. The molecule has 198 valence electrons. The molecule has 4 aromatic rings. The Morgan fingerprint density at radius 3 is 2.39 bits per heavy atom. The predicted octanol–water partition coefficient (Wildman–Crippen LogP) is 4.45.